The summed E-state index contributed by atoms with van der Waals surface area (Å²) < 4.78 is 6.21. The van der Waals surface area contributed by atoms with Crippen molar-refractivity contribution in [3.8, 4) is 16.9 Å². The quantitative estimate of drug-likeness (QED) is 0.736. The molecule has 0 aliphatic carbocycles. The molecule has 0 bridgehead atoms. The predicted octanol–water partition coefficient (Wildman–Crippen LogP) is 4.30. The molecular weight excluding hydrogens is 354 g/mol. The van der Waals surface area contributed by atoms with Gasteiger partial charge in [-0.15, -0.1) is 0 Å². The largest absolute Gasteiger partial charge is 0.495 e. The van der Waals surface area contributed by atoms with Gasteiger partial charge in [-0.3, -0.25) is 0 Å². The van der Waals surface area contributed by atoms with E-state index < -0.39 is 0 Å². The second-order valence-electron chi connectivity index (χ2n) is 4.43. The first kappa shape index (κ1) is 14.1. The van der Waals surface area contributed by atoms with Crippen LogP contribution in [0, 0.1) is 0 Å². The summed E-state index contributed by atoms with van der Waals surface area (Å²) in [5.74, 6) is 0.996. The van der Waals surface area contributed by atoms with E-state index in [0.29, 0.717) is 22.0 Å². The fourth-order valence-corrected chi connectivity index (χ4v) is 3.06. The number of methoxy groups -OCH3 is 1. The van der Waals surface area contributed by atoms with E-state index in [9.17, 15) is 0 Å². The van der Waals surface area contributed by atoms with Crippen LogP contribution >= 0.6 is 27.5 Å². The van der Waals surface area contributed by atoms with Crippen LogP contribution in [0.1, 0.15) is 0 Å². The fourth-order valence-electron chi connectivity index (χ4n) is 2.28. The third kappa shape index (κ3) is 2.43. The number of halogens is 2. The number of nitrogens with two attached hydrogens (primary N) is 1. The summed E-state index contributed by atoms with van der Waals surface area (Å²) in [6.45, 7) is 0. The molecule has 106 valence electrons. The van der Waals surface area contributed by atoms with E-state index in [-0.39, 0.29) is 0 Å². The highest BCUT2D eigenvalue weighted by atomic mass is 79.9. The van der Waals surface area contributed by atoms with E-state index in [1.54, 1.807) is 7.11 Å². The topological polar surface area (TPSA) is 61.0 Å². The van der Waals surface area contributed by atoms with Crippen molar-refractivity contribution in [1.82, 2.24) is 9.97 Å². The zero-order chi connectivity index (χ0) is 15.0. The Bertz CT molecular complexity index is 839. The maximum Gasteiger partial charge on any atom is 0.146 e. The molecule has 0 saturated heterocycles. The van der Waals surface area contributed by atoms with Crippen molar-refractivity contribution >= 4 is 44.3 Å². The van der Waals surface area contributed by atoms with E-state index in [1.165, 1.54) is 6.33 Å². The van der Waals surface area contributed by atoms with Crippen molar-refractivity contribution < 1.29 is 4.74 Å². The van der Waals surface area contributed by atoms with Gasteiger partial charge in [0.05, 0.1) is 22.5 Å². The summed E-state index contributed by atoms with van der Waals surface area (Å²) in [5.41, 5.74) is 8.59. The molecule has 0 aliphatic heterocycles. The second kappa shape index (κ2) is 5.50. The number of ether oxygens (including phenoxy) is 1. The Morgan fingerprint density at radius 2 is 2.05 bits per heavy atom. The zero-order valence-electron chi connectivity index (χ0n) is 11.1. The second-order valence-corrected chi connectivity index (χ2v) is 5.72. The fraction of sp³-hybridized carbons (Fsp3) is 0.0667. The van der Waals surface area contributed by atoms with Crippen LogP contribution < -0.4 is 10.5 Å². The van der Waals surface area contributed by atoms with Crippen LogP contribution in [0.2, 0.25) is 5.02 Å². The number of aromatic nitrogens is 2. The van der Waals surface area contributed by atoms with Gasteiger partial charge in [-0.25, -0.2) is 9.97 Å². The van der Waals surface area contributed by atoms with Crippen LogP contribution in [0.3, 0.4) is 0 Å². The summed E-state index contributed by atoms with van der Waals surface area (Å²) in [6.07, 6.45) is 1.44. The van der Waals surface area contributed by atoms with Crippen molar-refractivity contribution in [3.05, 3.63) is 46.2 Å². The summed E-state index contributed by atoms with van der Waals surface area (Å²) in [4.78, 5) is 8.41. The van der Waals surface area contributed by atoms with Crippen molar-refractivity contribution in [2.24, 2.45) is 0 Å². The Balaban J connectivity index is 2.42. The normalized spacial score (nSPS) is 10.8. The lowest BCUT2D eigenvalue weighted by Crippen LogP contribution is -1.98. The average molecular weight is 365 g/mol. The van der Waals surface area contributed by atoms with Gasteiger partial charge in [-0.05, 0) is 39.7 Å². The lowest BCUT2D eigenvalue weighted by molar-refractivity contribution is 0.417. The SMILES string of the molecule is COc1c(Br)cc(-c2cccc(Cl)c2)c2ncnc(N)c12. The van der Waals surface area contributed by atoms with Gasteiger partial charge in [0.15, 0.2) is 0 Å². The van der Waals surface area contributed by atoms with Gasteiger partial charge in [0, 0.05) is 10.6 Å². The van der Waals surface area contributed by atoms with E-state index in [0.717, 1.165) is 21.1 Å². The molecule has 0 aliphatic rings. The molecule has 21 heavy (non-hydrogen) atoms. The summed E-state index contributed by atoms with van der Waals surface area (Å²) >= 11 is 9.59. The highest BCUT2D eigenvalue weighted by molar-refractivity contribution is 9.10. The van der Waals surface area contributed by atoms with Crippen LogP contribution in [-0.2, 0) is 0 Å². The minimum Gasteiger partial charge on any atom is -0.495 e. The molecule has 6 heteroatoms. The van der Waals surface area contributed by atoms with Crippen LogP contribution in [-0.4, -0.2) is 17.1 Å². The van der Waals surface area contributed by atoms with Gasteiger partial charge in [0.1, 0.15) is 17.9 Å². The van der Waals surface area contributed by atoms with E-state index >= 15 is 0 Å². The van der Waals surface area contributed by atoms with E-state index in [4.69, 9.17) is 22.1 Å². The standard InChI is InChI=1S/C15H11BrClN3O/c1-21-14-11(16)6-10(8-3-2-4-9(17)5-8)13-12(14)15(18)20-7-19-13/h2-7H,1H3,(H2,18,19,20). The Kier molecular flexibility index (Phi) is 3.69. The molecule has 0 spiro atoms. The molecule has 0 radical (unpaired) electrons. The minimum atomic E-state index is 0.376. The predicted molar refractivity (Wildman–Crippen MR) is 88.6 cm³/mol. The Labute approximate surface area is 135 Å². The monoisotopic (exact) mass is 363 g/mol. The van der Waals surface area contributed by atoms with Crippen LogP contribution in [0.25, 0.3) is 22.0 Å². The molecule has 1 heterocycles. The molecule has 4 nitrogen and oxygen atoms in total. The summed E-state index contributed by atoms with van der Waals surface area (Å²) in [5, 5.41) is 1.35. The molecule has 3 aromatic rings. The van der Waals surface area contributed by atoms with Crippen LogP contribution in [0.5, 0.6) is 5.75 Å². The van der Waals surface area contributed by atoms with Crippen molar-refractivity contribution in [2.45, 2.75) is 0 Å². The molecule has 0 unspecified atom stereocenters. The van der Waals surface area contributed by atoms with Gasteiger partial charge in [0.2, 0.25) is 0 Å². The maximum atomic E-state index is 6.08. The molecule has 2 N–H and O–H groups in total. The maximum absolute atomic E-state index is 6.08. The van der Waals surface area contributed by atoms with Crippen molar-refractivity contribution in [2.75, 3.05) is 12.8 Å². The molecule has 0 saturated carbocycles. The molecule has 1 aromatic heterocycles. The van der Waals surface area contributed by atoms with E-state index in [1.807, 2.05) is 30.3 Å². The van der Waals surface area contributed by atoms with Gasteiger partial charge in [-0.1, -0.05) is 23.7 Å². The number of hydrogen-bond donors (Lipinski definition) is 1. The highest BCUT2D eigenvalue weighted by Gasteiger charge is 2.16. The number of hydrogen-bond acceptors (Lipinski definition) is 4. The first-order valence-electron chi connectivity index (χ1n) is 6.14. The van der Waals surface area contributed by atoms with Gasteiger partial charge >= 0.3 is 0 Å². The highest BCUT2D eigenvalue weighted by Crippen LogP contribution is 2.41. The van der Waals surface area contributed by atoms with Gasteiger partial charge in [0.25, 0.3) is 0 Å². The van der Waals surface area contributed by atoms with Crippen LogP contribution in [0.4, 0.5) is 5.82 Å². The third-order valence-electron chi connectivity index (χ3n) is 3.19. The summed E-state index contributed by atoms with van der Waals surface area (Å²) in [7, 11) is 1.59. The Morgan fingerprint density at radius 1 is 1.24 bits per heavy atom. The van der Waals surface area contributed by atoms with Gasteiger partial charge in [-0.2, -0.15) is 0 Å². The first-order valence-corrected chi connectivity index (χ1v) is 7.31. The zero-order valence-corrected chi connectivity index (χ0v) is 13.4. The number of benzene rings is 2. The molecule has 0 fully saturated rings. The average Bonchev–Trinajstić information content (AvgIpc) is 2.47. The lowest BCUT2D eigenvalue weighted by Gasteiger charge is -2.13. The van der Waals surface area contributed by atoms with Crippen molar-refractivity contribution in [3.63, 3.8) is 0 Å². The number of fused-ring (bicyclic) bond motifs is 1. The molecule has 0 amide bonds. The molecule has 2 aromatic carbocycles. The molecular formula is C15H11BrClN3O. The number of anilines is 1. The number of nitrogen functional groups attached to an aromatic ring is 1. The van der Waals surface area contributed by atoms with Gasteiger partial charge < -0.3 is 10.5 Å². The summed E-state index contributed by atoms with van der Waals surface area (Å²) in [6, 6.07) is 9.52. The van der Waals surface area contributed by atoms with Crippen LogP contribution in [0.15, 0.2) is 41.1 Å². The lowest BCUT2D eigenvalue weighted by atomic mass is 10.0. The first-order chi connectivity index (χ1) is 10.1. The Hall–Kier alpha value is -1.85. The molecule has 0 atom stereocenters. The number of nitrogens with zero attached hydrogens (tertiary/aromatic N) is 2. The molecule has 3 rings (SSSR count). The van der Waals surface area contributed by atoms with Crippen molar-refractivity contribution in [1.29, 1.82) is 0 Å². The number of rotatable bonds is 2. The third-order valence-corrected chi connectivity index (χ3v) is 4.01. The smallest absolute Gasteiger partial charge is 0.146 e. The minimum absolute atomic E-state index is 0.376. The van der Waals surface area contributed by atoms with E-state index in [2.05, 4.69) is 25.9 Å². The Morgan fingerprint density at radius 3 is 2.76 bits per heavy atom.